The van der Waals surface area contributed by atoms with E-state index in [0.29, 0.717) is 11.6 Å². The molecule has 0 fully saturated rings. The molecule has 4 heteroatoms. The molecule has 4 nitrogen and oxygen atoms in total. The van der Waals surface area contributed by atoms with E-state index in [0.717, 1.165) is 33.6 Å². The number of benzene rings is 8. The maximum Gasteiger partial charge on any atom is 0.160 e. The average Bonchev–Trinajstić information content (AvgIpc) is 3.54. The van der Waals surface area contributed by atoms with Crippen molar-refractivity contribution in [3.05, 3.63) is 229 Å². The van der Waals surface area contributed by atoms with Gasteiger partial charge in [-0.05, 0) is 90.7 Å². The second-order valence-electron chi connectivity index (χ2n) is 15.4. The van der Waals surface area contributed by atoms with E-state index in [-0.39, 0.29) is 0 Å². The number of hydrogen-bond acceptors (Lipinski definition) is 4. The van der Waals surface area contributed by atoms with Crippen molar-refractivity contribution in [3.63, 3.8) is 0 Å². The highest BCUT2D eigenvalue weighted by Gasteiger charge is 2.50. The number of nitrogens with zero attached hydrogens (tertiary/aromatic N) is 4. The van der Waals surface area contributed by atoms with Crippen LogP contribution in [0.4, 0.5) is 0 Å². The molecule has 10 aromatic rings. The standard InChI is InChI=1S/C55H34N4/c1-3-15-35(16-4-1)53-56-33-40(34-57-53)52-32-51(58-54(59-52)36-17-5-2-6-18-36)39-27-28-45-42-22-10-9-21-41(42)43-23-11-13-25-47(43)55(49(45)31-39)48-26-14-12-24-44(48)46-29-37-19-7-8-20-38(37)30-50(46)55/h1-34H. The van der Waals surface area contributed by atoms with Gasteiger partial charge in [-0.3, -0.25) is 0 Å². The van der Waals surface area contributed by atoms with Gasteiger partial charge in [0.05, 0.1) is 16.8 Å². The van der Waals surface area contributed by atoms with Crippen molar-refractivity contribution in [3.8, 4) is 78.7 Å². The predicted molar refractivity (Wildman–Crippen MR) is 239 cm³/mol. The second-order valence-corrected chi connectivity index (χ2v) is 15.4. The van der Waals surface area contributed by atoms with Gasteiger partial charge in [-0.1, -0.05) is 170 Å². The van der Waals surface area contributed by atoms with E-state index in [2.05, 4.69) is 146 Å². The molecule has 2 aliphatic carbocycles. The number of rotatable bonds is 4. The molecule has 0 saturated heterocycles. The Kier molecular flexibility index (Phi) is 7.41. The summed E-state index contributed by atoms with van der Waals surface area (Å²) in [5.41, 5.74) is 17.2. The molecule has 0 aliphatic heterocycles. The molecule has 1 atom stereocenters. The van der Waals surface area contributed by atoms with Crippen LogP contribution in [0.2, 0.25) is 0 Å². The van der Waals surface area contributed by atoms with Crippen LogP contribution in [0.1, 0.15) is 22.3 Å². The van der Waals surface area contributed by atoms with Gasteiger partial charge in [-0.25, -0.2) is 19.9 Å². The molecule has 8 aromatic carbocycles. The molecule has 2 aliphatic rings. The zero-order chi connectivity index (χ0) is 38.9. The zero-order valence-electron chi connectivity index (χ0n) is 31.9. The van der Waals surface area contributed by atoms with Gasteiger partial charge in [0, 0.05) is 34.6 Å². The van der Waals surface area contributed by atoms with Gasteiger partial charge >= 0.3 is 0 Å². The normalized spacial score (nSPS) is 14.5. The van der Waals surface area contributed by atoms with Gasteiger partial charge in [-0.15, -0.1) is 0 Å². The fourth-order valence-corrected chi connectivity index (χ4v) is 9.59. The van der Waals surface area contributed by atoms with Crippen LogP contribution in [0.15, 0.2) is 207 Å². The second kappa shape index (κ2) is 13.1. The van der Waals surface area contributed by atoms with Crippen molar-refractivity contribution in [1.82, 2.24) is 19.9 Å². The van der Waals surface area contributed by atoms with Crippen molar-refractivity contribution in [1.29, 1.82) is 0 Å². The van der Waals surface area contributed by atoms with E-state index in [9.17, 15) is 0 Å². The Hall–Kier alpha value is -7.82. The summed E-state index contributed by atoms with van der Waals surface area (Å²) in [4.78, 5) is 20.0. The fourth-order valence-electron chi connectivity index (χ4n) is 9.59. The molecule has 2 aromatic heterocycles. The van der Waals surface area contributed by atoms with Crippen LogP contribution in [0.25, 0.3) is 89.4 Å². The molecule has 59 heavy (non-hydrogen) atoms. The third-order valence-electron chi connectivity index (χ3n) is 12.2. The van der Waals surface area contributed by atoms with E-state index in [1.54, 1.807) is 0 Å². The highest BCUT2D eigenvalue weighted by Crippen LogP contribution is 2.62. The lowest BCUT2D eigenvalue weighted by molar-refractivity contribution is 0.777. The molecule has 0 amide bonds. The van der Waals surface area contributed by atoms with E-state index < -0.39 is 5.41 Å². The molecule has 2 heterocycles. The van der Waals surface area contributed by atoms with Crippen molar-refractivity contribution < 1.29 is 0 Å². The Balaban J connectivity index is 1.15. The minimum Gasteiger partial charge on any atom is -0.236 e. The van der Waals surface area contributed by atoms with E-state index in [4.69, 9.17) is 19.9 Å². The summed E-state index contributed by atoms with van der Waals surface area (Å²) in [7, 11) is 0. The lowest BCUT2D eigenvalue weighted by atomic mass is 9.65. The third-order valence-corrected chi connectivity index (χ3v) is 12.2. The van der Waals surface area contributed by atoms with Crippen LogP contribution >= 0.6 is 0 Å². The summed E-state index contributed by atoms with van der Waals surface area (Å²) in [6.45, 7) is 0. The van der Waals surface area contributed by atoms with Gasteiger partial charge in [0.1, 0.15) is 0 Å². The zero-order valence-corrected chi connectivity index (χ0v) is 31.9. The number of hydrogen-bond donors (Lipinski definition) is 0. The Morgan fingerprint density at radius 3 is 1.41 bits per heavy atom. The molecule has 0 radical (unpaired) electrons. The molecular formula is C55H34N4. The monoisotopic (exact) mass is 750 g/mol. The van der Waals surface area contributed by atoms with Crippen LogP contribution in [0.3, 0.4) is 0 Å². The average molecular weight is 751 g/mol. The molecule has 12 rings (SSSR count). The molecule has 0 saturated carbocycles. The minimum atomic E-state index is -0.629. The van der Waals surface area contributed by atoms with Gasteiger partial charge in [0.25, 0.3) is 0 Å². The lowest BCUT2D eigenvalue weighted by Gasteiger charge is -2.35. The summed E-state index contributed by atoms with van der Waals surface area (Å²) in [5, 5.41) is 2.46. The lowest BCUT2D eigenvalue weighted by Crippen LogP contribution is -2.29. The maximum atomic E-state index is 5.32. The summed E-state index contributed by atoms with van der Waals surface area (Å²) in [6.07, 6.45) is 3.74. The third kappa shape index (κ3) is 5.10. The van der Waals surface area contributed by atoms with Gasteiger partial charge < -0.3 is 0 Å². The Labute approximate surface area is 342 Å². The van der Waals surface area contributed by atoms with Crippen LogP contribution < -0.4 is 0 Å². The molecule has 1 spiro atoms. The van der Waals surface area contributed by atoms with Crippen molar-refractivity contribution in [2.45, 2.75) is 5.41 Å². The van der Waals surface area contributed by atoms with Crippen molar-refractivity contribution >= 4 is 10.8 Å². The summed E-state index contributed by atoms with van der Waals surface area (Å²) >= 11 is 0. The van der Waals surface area contributed by atoms with Crippen LogP contribution in [-0.2, 0) is 5.41 Å². The predicted octanol–water partition coefficient (Wildman–Crippen LogP) is 13.1. The Morgan fingerprint density at radius 1 is 0.288 bits per heavy atom. The van der Waals surface area contributed by atoms with Gasteiger partial charge in [0.2, 0.25) is 0 Å². The van der Waals surface area contributed by atoms with Crippen molar-refractivity contribution in [2.75, 3.05) is 0 Å². The smallest absolute Gasteiger partial charge is 0.160 e. The highest BCUT2D eigenvalue weighted by atomic mass is 14.9. The Bertz CT molecular complexity index is 3270. The van der Waals surface area contributed by atoms with E-state index >= 15 is 0 Å². The first-order valence-electron chi connectivity index (χ1n) is 20.0. The first-order valence-corrected chi connectivity index (χ1v) is 20.0. The summed E-state index contributed by atoms with van der Waals surface area (Å²) in [6, 6.07) is 69.8. The molecule has 0 bridgehead atoms. The number of aromatic nitrogens is 4. The van der Waals surface area contributed by atoms with Crippen LogP contribution in [0.5, 0.6) is 0 Å². The topological polar surface area (TPSA) is 51.6 Å². The molecule has 274 valence electrons. The summed E-state index contributed by atoms with van der Waals surface area (Å²) < 4.78 is 0. The maximum absolute atomic E-state index is 5.32. The van der Waals surface area contributed by atoms with Crippen LogP contribution in [-0.4, -0.2) is 19.9 Å². The quantitative estimate of drug-likeness (QED) is 0.180. The first kappa shape index (κ1) is 33.3. The SMILES string of the molecule is c1ccc(-c2ncc(-c3cc(-c4ccc5c(c4)C4(c6ccccc6-c6ccccc6-5)c5ccccc5-c5cc6ccccc6cc54)nc(-c4ccccc4)n3)cn2)cc1. The van der Waals surface area contributed by atoms with Crippen LogP contribution in [0, 0.1) is 0 Å². The number of fused-ring (bicyclic) bond motifs is 13. The van der Waals surface area contributed by atoms with E-state index in [1.165, 1.54) is 66.4 Å². The molecule has 0 N–H and O–H groups in total. The summed E-state index contributed by atoms with van der Waals surface area (Å²) in [5.74, 6) is 1.32. The van der Waals surface area contributed by atoms with Crippen molar-refractivity contribution in [2.24, 2.45) is 0 Å². The largest absolute Gasteiger partial charge is 0.236 e. The molecular weight excluding hydrogens is 717 g/mol. The van der Waals surface area contributed by atoms with Gasteiger partial charge in [0.15, 0.2) is 11.6 Å². The fraction of sp³-hybridized carbons (Fsp3) is 0.0182. The highest BCUT2D eigenvalue weighted by molar-refractivity contribution is 6.01. The first-order chi connectivity index (χ1) is 29.2. The Morgan fingerprint density at radius 2 is 0.763 bits per heavy atom. The minimum absolute atomic E-state index is 0.629. The van der Waals surface area contributed by atoms with Gasteiger partial charge in [-0.2, -0.15) is 0 Å². The van der Waals surface area contributed by atoms with E-state index in [1.807, 2.05) is 60.9 Å². The molecule has 1 unspecified atom stereocenters.